The van der Waals surface area contributed by atoms with Crippen molar-refractivity contribution >= 4 is 23.2 Å². The third kappa shape index (κ3) is 4.55. The second-order valence-corrected chi connectivity index (χ2v) is 10.7. The summed E-state index contributed by atoms with van der Waals surface area (Å²) in [5, 5.41) is 2.93. The fourth-order valence-corrected chi connectivity index (χ4v) is 5.85. The van der Waals surface area contributed by atoms with Gasteiger partial charge >= 0.3 is 0 Å². The van der Waals surface area contributed by atoms with E-state index in [4.69, 9.17) is 15.1 Å². The summed E-state index contributed by atoms with van der Waals surface area (Å²) < 4.78 is 7.46. The van der Waals surface area contributed by atoms with Crippen molar-refractivity contribution in [1.29, 1.82) is 0 Å². The molecule has 2 bridgehead atoms. The van der Waals surface area contributed by atoms with Crippen LogP contribution in [0.3, 0.4) is 0 Å². The van der Waals surface area contributed by atoms with Crippen molar-refractivity contribution in [3.8, 4) is 22.8 Å². The van der Waals surface area contributed by atoms with Crippen molar-refractivity contribution in [2.24, 2.45) is 0 Å². The van der Waals surface area contributed by atoms with Crippen LogP contribution >= 0.6 is 0 Å². The predicted octanol–water partition coefficient (Wildman–Crippen LogP) is 2.94. The largest absolute Gasteiger partial charge is 0.443 e. The number of pyridine rings is 2. The van der Waals surface area contributed by atoms with Crippen molar-refractivity contribution in [1.82, 2.24) is 39.5 Å². The molecule has 12 heteroatoms. The van der Waals surface area contributed by atoms with Gasteiger partial charge in [-0.3, -0.25) is 9.69 Å². The van der Waals surface area contributed by atoms with Gasteiger partial charge in [0, 0.05) is 48.8 Å². The molecule has 5 aromatic heterocycles. The van der Waals surface area contributed by atoms with Crippen LogP contribution in [-0.2, 0) is 6.54 Å². The number of oxazole rings is 1. The van der Waals surface area contributed by atoms with E-state index in [-0.39, 0.29) is 23.9 Å². The number of anilines is 2. The molecule has 0 spiro atoms. The zero-order valence-electron chi connectivity index (χ0n) is 22.9. The van der Waals surface area contributed by atoms with Gasteiger partial charge in [0.15, 0.2) is 17.2 Å². The van der Waals surface area contributed by atoms with Crippen LogP contribution in [0.1, 0.15) is 34.7 Å². The van der Waals surface area contributed by atoms with E-state index in [0.717, 1.165) is 35.9 Å². The van der Waals surface area contributed by atoms with Crippen LogP contribution < -0.4 is 16.0 Å². The van der Waals surface area contributed by atoms with Crippen LogP contribution in [0.15, 0.2) is 59.6 Å². The van der Waals surface area contributed by atoms with Crippen LogP contribution in [0.2, 0.25) is 0 Å². The number of carbonyl (C=O) groups is 1. The summed E-state index contributed by atoms with van der Waals surface area (Å²) in [6.45, 7) is 4.12. The normalized spacial score (nSPS) is 18.7. The number of aryl methyl sites for hydroxylation is 1. The maximum Gasteiger partial charge on any atom is 0.274 e. The average Bonchev–Trinajstić information content (AvgIpc) is 3.69. The van der Waals surface area contributed by atoms with Crippen LogP contribution in [0, 0.1) is 6.92 Å². The number of nitrogen functional groups attached to an aromatic ring is 1. The minimum atomic E-state index is -0.445. The lowest BCUT2D eigenvalue weighted by Crippen LogP contribution is -2.52. The molecule has 2 aliphatic heterocycles. The number of piperazine rings is 1. The molecule has 0 aromatic carbocycles. The third-order valence-electron chi connectivity index (χ3n) is 8.13. The van der Waals surface area contributed by atoms with E-state index in [2.05, 4.69) is 42.1 Å². The van der Waals surface area contributed by atoms with E-state index in [0.29, 0.717) is 29.0 Å². The Morgan fingerprint density at radius 2 is 1.90 bits per heavy atom. The van der Waals surface area contributed by atoms with Crippen molar-refractivity contribution in [2.45, 2.75) is 38.4 Å². The summed E-state index contributed by atoms with van der Waals surface area (Å²) in [6, 6.07) is 10.8. The number of nitrogens with two attached hydrogens (primary N) is 1. The van der Waals surface area contributed by atoms with Gasteiger partial charge in [0.05, 0.1) is 18.4 Å². The Bertz CT molecular complexity index is 1730. The lowest BCUT2D eigenvalue weighted by molar-refractivity contribution is 0.0946. The van der Waals surface area contributed by atoms with Crippen LogP contribution in [0.25, 0.3) is 28.5 Å². The Hall–Kier alpha value is -4.84. The molecular formula is C29H30N10O2. The van der Waals surface area contributed by atoms with Gasteiger partial charge < -0.3 is 24.8 Å². The molecule has 0 unspecified atom stereocenters. The van der Waals surface area contributed by atoms with E-state index < -0.39 is 5.91 Å². The molecule has 2 atom stereocenters. The molecule has 7 heterocycles. The first kappa shape index (κ1) is 25.1. The molecule has 2 fully saturated rings. The zero-order valence-corrected chi connectivity index (χ0v) is 22.9. The lowest BCUT2D eigenvalue weighted by Gasteiger charge is -2.39. The van der Waals surface area contributed by atoms with Gasteiger partial charge in [0.25, 0.3) is 5.91 Å². The van der Waals surface area contributed by atoms with Gasteiger partial charge in [-0.2, -0.15) is 0 Å². The summed E-state index contributed by atoms with van der Waals surface area (Å²) in [5.41, 5.74) is 10.3. The quantitative estimate of drug-likeness (QED) is 0.324. The first-order chi connectivity index (χ1) is 19.9. The number of amides is 1. The molecule has 7 rings (SSSR count). The Kier molecular flexibility index (Phi) is 6.11. The van der Waals surface area contributed by atoms with Gasteiger partial charge in [-0.15, -0.1) is 0 Å². The standard InChI is InChI=1S/C29H30N10O2/c1-17-12-32-22-9-6-18(14-39(17)22)24-25(29-31-10-11-41-29)36-27(30)26(35-24)28(40)33-13-19-4-3-5-23(34-19)38-15-20-7-8-21(16-38)37(20)2/h3-6,9-12,14,20-21H,7-8,13,15-16H2,1-2H3,(H2,30,36)(H,33,40)/t20-,21+. The first-order valence-corrected chi connectivity index (χ1v) is 13.7. The highest BCUT2D eigenvalue weighted by molar-refractivity contribution is 5.97. The second kappa shape index (κ2) is 9.97. The number of rotatable bonds is 6. The predicted molar refractivity (Wildman–Crippen MR) is 153 cm³/mol. The zero-order chi connectivity index (χ0) is 28.1. The lowest BCUT2D eigenvalue weighted by atomic mass is 10.1. The monoisotopic (exact) mass is 550 g/mol. The molecule has 2 aliphatic rings. The topological polar surface area (TPSA) is 144 Å². The van der Waals surface area contributed by atoms with E-state index in [1.807, 2.05) is 47.9 Å². The molecule has 0 radical (unpaired) electrons. The van der Waals surface area contributed by atoms with Crippen molar-refractivity contribution < 1.29 is 9.21 Å². The fourth-order valence-electron chi connectivity index (χ4n) is 5.85. The highest BCUT2D eigenvalue weighted by Crippen LogP contribution is 2.32. The Morgan fingerprint density at radius 1 is 1.07 bits per heavy atom. The molecule has 3 N–H and O–H groups in total. The minimum absolute atomic E-state index is 0.0181. The van der Waals surface area contributed by atoms with Crippen LogP contribution in [0.4, 0.5) is 11.6 Å². The molecule has 208 valence electrons. The molecule has 0 aliphatic carbocycles. The maximum absolute atomic E-state index is 13.4. The Morgan fingerprint density at radius 3 is 2.68 bits per heavy atom. The number of hydrogen-bond donors (Lipinski definition) is 2. The van der Waals surface area contributed by atoms with Gasteiger partial charge in [-0.25, -0.2) is 24.9 Å². The second-order valence-electron chi connectivity index (χ2n) is 10.7. The number of imidazole rings is 1. The van der Waals surface area contributed by atoms with Gasteiger partial charge in [-0.1, -0.05) is 6.07 Å². The Labute approximate surface area is 236 Å². The fraction of sp³-hybridized carbons (Fsp3) is 0.310. The smallest absolute Gasteiger partial charge is 0.274 e. The van der Waals surface area contributed by atoms with Crippen LogP contribution in [-0.4, -0.2) is 72.3 Å². The molecule has 12 nitrogen and oxygen atoms in total. The number of nitrogens with one attached hydrogen (secondary N) is 1. The molecule has 2 saturated heterocycles. The summed E-state index contributed by atoms with van der Waals surface area (Å²) in [4.78, 5) is 40.9. The highest BCUT2D eigenvalue weighted by Gasteiger charge is 2.37. The molecule has 41 heavy (non-hydrogen) atoms. The molecule has 5 aromatic rings. The van der Waals surface area contributed by atoms with Crippen LogP contribution in [0.5, 0.6) is 0 Å². The first-order valence-electron chi connectivity index (χ1n) is 13.7. The summed E-state index contributed by atoms with van der Waals surface area (Å²) >= 11 is 0. The van der Waals surface area contributed by atoms with Gasteiger partial charge in [-0.05, 0) is 51.1 Å². The molecule has 1 amide bonds. The summed E-state index contributed by atoms with van der Waals surface area (Å²) in [7, 11) is 2.22. The Balaban J connectivity index is 1.15. The number of carbonyl (C=O) groups excluding carboxylic acids is 1. The van der Waals surface area contributed by atoms with Crippen molar-refractivity contribution in [3.63, 3.8) is 0 Å². The number of likely N-dealkylation sites (N-methyl/N-ethyl adjacent to an activating group) is 1. The number of fused-ring (bicyclic) bond motifs is 3. The van der Waals surface area contributed by atoms with E-state index >= 15 is 0 Å². The highest BCUT2D eigenvalue weighted by atomic mass is 16.3. The number of aromatic nitrogens is 6. The minimum Gasteiger partial charge on any atom is -0.443 e. The van der Waals surface area contributed by atoms with E-state index in [9.17, 15) is 4.79 Å². The van der Waals surface area contributed by atoms with Crippen molar-refractivity contribution in [3.05, 3.63) is 72.3 Å². The SMILES string of the molecule is Cc1cnc2ccc(-c3nc(C(=O)NCc4cccc(N5C[C@H]6CC[C@@H](C5)N6C)n4)c(N)nc3-c3ncco3)cn12. The van der Waals surface area contributed by atoms with E-state index in [1.165, 1.54) is 25.3 Å². The number of nitrogens with zero attached hydrogens (tertiary/aromatic N) is 8. The maximum atomic E-state index is 13.4. The van der Waals surface area contributed by atoms with Gasteiger partial charge in [0.2, 0.25) is 5.89 Å². The molecule has 0 saturated carbocycles. The van der Waals surface area contributed by atoms with Crippen molar-refractivity contribution in [2.75, 3.05) is 30.8 Å². The van der Waals surface area contributed by atoms with E-state index in [1.54, 1.807) is 6.20 Å². The van der Waals surface area contributed by atoms with Gasteiger partial charge in [0.1, 0.15) is 23.4 Å². The number of hydrogen-bond acceptors (Lipinski definition) is 10. The summed E-state index contributed by atoms with van der Waals surface area (Å²) in [6.07, 6.45) is 9.11. The summed E-state index contributed by atoms with van der Waals surface area (Å²) in [5.74, 6) is 0.727. The average molecular weight is 551 g/mol. The molecular weight excluding hydrogens is 520 g/mol. The third-order valence-corrected chi connectivity index (χ3v) is 8.13.